The smallest absolute Gasteiger partial charge is 0.216 e. The highest BCUT2D eigenvalue weighted by molar-refractivity contribution is 6.15. The molecule has 0 N–H and O–H groups in total. The van der Waals surface area contributed by atoms with E-state index in [0.717, 1.165) is 5.56 Å². The lowest BCUT2D eigenvalue weighted by molar-refractivity contribution is -0.667. The molecule has 0 bridgehead atoms. The van der Waals surface area contributed by atoms with Gasteiger partial charge in [0.05, 0.1) is 20.4 Å². The maximum atomic E-state index is 9.22. The third kappa shape index (κ3) is 3.70. The van der Waals surface area contributed by atoms with Crippen LogP contribution in [0.15, 0.2) is 64.9 Å². The van der Waals surface area contributed by atoms with E-state index in [1.807, 2.05) is 44.4 Å². The molecule has 5 rings (SSSR count). The minimum absolute atomic E-state index is 0.0852. The Morgan fingerprint density at radius 2 is 1.63 bits per heavy atom. The van der Waals surface area contributed by atoms with E-state index >= 15 is 0 Å². The summed E-state index contributed by atoms with van der Waals surface area (Å²) in [7, 11) is 1.80. The quantitative estimate of drug-likeness (QED) is 0.192. The molecule has 0 radical (unpaired) electrons. The molecule has 2 aromatic heterocycles. The SMILES string of the molecule is [2H]c1c([2H])c([2H])c(-c2c([N+]#[C-])ccc3c2oc2c(-c4c([2H])c(C)c(C([2H])([2H])C(C)C)c(C)[n+]4C)c(C)ccc23)c([2H])c1[2H]. The molecular formula is C32H31N2O+. The number of nitrogens with zero attached hydrogens (tertiary/aromatic N) is 2. The number of aryl methyl sites for hydroxylation is 1. The van der Waals surface area contributed by atoms with Crippen LogP contribution >= 0.6 is 0 Å². The minimum atomic E-state index is -1.66. The zero-order chi connectivity index (χ0) is 31.9. The molecule has 3 heteroatoms. The van der Waals surface area contributed by atoms with Gasteiger partial charge < -0.3 is 4.42 Å². The third-order valence-corrected chi connectivity index (χ3v) is 6.42. The van der Waals surface area contributed by atoms with Crippen LogP contribution in [-0.4, -0.2) is 0 Å². The Labute approximate surface area is 218 Å². The average molecular weight is 468 g/mol. The lowest BCUT2D eigenvalue weighted by Crippen LogP contribution is -2.37. The van der Waals surface area contributed by atoms with E-state index in [1.54, 1.807) is 26.1 Å². The monoisotopic (exact) mass is 467 g/mol. The molecule has 0 atom stereocenters. The molecule has 0 amide bonds. The predicted octanol–water partition coefficient (Wildman–Crippen LogP) is 8.42. The van der Waals surface area contributed by atoms with Crippen LogP contribution < -0.4 is 4.57 Å². The van der Waals surface area contributed by atoms with Crippen molar-refractivity contribution in [1.29, 1.82) is 0 Å². The third-order valence-electron chi connectivity index (χ3n) is 6.42. The van der Waals surface area contributed by atoms with Crippen LogP contribution in [0.25, 0.3) is 49.2 Å². The fourth-order valence-electron chi connectivity index (χ4n) is 4.66. The maximum absolute atomic E-state index is 9.22. The molecule has 2 heterocycles. The lowest BCUT2D eigenvalue weighted by Gasteiger charge is -2.14. The zero-order valence-corrected chi connectivity index (χ0v) is 20.7. The van der Waals surface area contributed by atoms with Crippen molar-refractivity contribution in [2.24, 2.45) is 13.0 Å². The van der Waals surface area contributed by atoms with Crippen molar-refractivity contribution < 1.29 is 20.0 Å². The van der Waals surface area contributed by atoms with Gasteiger partial charge in [-0.1, -0.05) is 68.3 Å². The van der Waals surface area contributed by atoms with E-state index in [9.17, 15) is 1.37 Å². The normalized spacial score (nSPS) is 15.1. The summed E-state index contributed by atoms with van der Waals surface area (Å²) in [6.45, 7) is 17.0. The van der Waals surface area contributed by atoms with E-state index < -0.39 is 36.6 Å². The van der Waals surface area contributed by atoms with Gasteiger partial charge in [0.15, 0.2) is 11.4 Å². The molecule has 3 aromatic carbocycles. The van der Waals surface area contributed by atoms with Gasteiger partial charge >= 0.3 is 0 Å². The summed E-state index contributed by atoms with van der Waals surface area (Å²) in [5.41, 5.74) is 4.40. The number of rotatable bonds is 4. The molecule has 0 aliphatic carbocycles. The largest absolute Gasteiger partial charge is 0.456 e. The Bertz CT molecular complexity index is 2000. The Morgan fingerprint density at radius 3 is 2.29 bits per heavy atom. The summed E-state index contributed by atoms with van der Waals surface area (Å²) < 4.78 is 76.8. The molecule has 0 aliphatic rings. The molecule has 0 aliphatic heterocycles. The summed E-state index contributed by atoms with van der Waals surface area (Å²) in [6.07, 6.45) is -1.66. The van der Waals surface area contributed by atoms with Crippen LogP contribution in [0.5, 0.6) is 0 Å². The molecule has 0 saturated heterocycles. The van der Waals surface area contributed by atoms with E-state index in [2.05, 4.69) is 4.85 Å². The van der Waals surface area contributed by atoms with E-state index in [1.165, 1.54) is 0 Å². The van der Waals surface area contributed by atoms with Crippen molar-refractivity contribution in [2.45, 2.75) is 41.0 Å². The number of pyridine rings is 1. The number of benzene rings is 3. The van der Waals surface area contributed by atoms with Gasteiger partial charge in [0, 0.05) is 37.6 Å². The van der Waals surface area contributed by atoms with Gasteiger partial charge in [-0.25, -0.2) is 4.85 Å². The van der Waals surface area contributed by atoms with Crippen LogP contribution in [0, 0.1) is 33.3 Å². The molecule has 0 saturated carbocycles. The Morgan fingerprint density at radius 1 is 0.971 bits per heavy atom. The van der Waals surface area contributed by atoms with E-state index in [0.29, 0.717) is 44.4 Å². The van der Waals surface area contributed by atoms with Crippen molar-refractivity contribution >= 4 is 27.6 Å². The lowest BCUT2D eigenvalue weighted by atomic mass is 9.93. The van der Waals surface area contributed by atoms with Gasteiger partial charge in [0.2, 0.25) is 5.69 Å². The van der Waals surface area contributed by atoms with Gasteiger partial charge in [0.1, 0.15) is 18.2 Å². The number of hydrogen-bond donors (Lipinski definition) is 0. The molecule has 0 spiro atoms. The number of hydrogen-bond acceptors (Lipinski definition) is 1. The van der Waals surface area contributed by atoms with Crippen LogP contribution in [0.2, 0.25) is 0 Å². The number of aromatic nitrogens is 1. The van der Waals surface area contributed by atoms with Gasteiger partial charge in [-0.3, -0.25) is 0 Å². The molecule has 3 nitrogen and oxygen atoms in total. The second kappa shape index (κ2) is 8.71. The van der Waals surface area contributed by atoms with Crippen LogP contribution in [0.1, 0.15) is 47.2 Å². The van der Waals surface area contributed by atoms with Crippen LogP contribution in [0.3, 0.4) is 0 Å². The van der Waals surface area contributed by atoms with Gasteiger partial charge in [-0.2, -0.15) is 4.57 Å². The number of furan rings is 1. The summed E-state index contributed by atoms with van der Waals surface area (Å²) >= 11 is 0. The van der Waals surface area contributed by atoms with E-state index in [-0.39, 0.29) is 34.4 Å². The number of fused-ring (bicyclic) bond motifs is 3. The standard InChI is InChI=1S/C32H31N2O/c1-19(2)17-26-21(4)18-28(34(7)22(26)5)29-20(3)13-14-24-25-15-16-27(33-6)30(32(25)35-31(24)29)23-11-9-8-10-12-23/h8-16,18-19H,17H2,1-5,7H3/q+1/i8D,9D,10D,11D,12D,17D2,18D. The van der Waals surface area contributed by atoms with Crippen LogP contribution in [-0.2, 0) is 13.4 Å². The minimum Gasteiger partial charge on any atom is -0.456 e. The predicted molar refractivity (Wildman–Crippen MR) is 145 cm³/mol. The van der Waals surface area contributed by atoms with Gasteiger partial charge in [-0.05, 0) is 42.8 Å². The Hall–Kier alpha value is -3.90. The van der Waals surface area contributed by atoms with Gasteiger partial charge in [0.25, 0.3) is 0 Å². The summed E-state index contributed by atoms with van der Waals surface area (Å²) in [5, 5.41) is 1.28. The second-order valence-corrected chi connectivity index (χ2v) is 9.10. The Balaban J connectivity index is 1.95. The molecule has 0 unspecified atom stereocenters. The first-order chi connectivity index (χ1) is 20.1. The molecule has 5 aromatic rings. The fraction of sp³-hybridized carbons (Fsp3) is 0.250. The topological polar surface area (TPSA) is 21.4 Å². The van der Waals surface area contributed by atoms with Crippen molar-refractivity contribution in [3.63, 3.8) is 0 Å². The van der Waals surface area contributed by atoms with Gasteiger partial charge in [-0.15, -0.1) is 0 Å². The highest BCUT2D eigenvalue weighted by atomic mass is 16.3. The Kier molecular flexibility index (Phi) is 3.77. The second-order valence-electron chi connectivity index (χ2n) is 9.10. The van der Waals surface area contributed by atoms with Crippen LogP contribution in [0.4, 0.5) is 5.69 Å². The summed E-state index contributed by atoms with van der Waals surface area (Å²) in [6, 6.07) is 4.84. The van der Waals surface area contributed by atoms with Crippen molar-refractivity contribution in [3.05, 3.63) is 94.3 Å². The van der Waals surface area contributed by atoms with Crippen molar-refractivity contribution in [2.75, 3.05) is 0 Å². The molecule has 0 fully saturated rings. The molecular weight excluding hydrogens is 428 g/mol. The highest BCUT2D eigenvalue weighted by Crippen LogP contribution is 2.44. The van der Waals surface area contributed by atoms with E-state index in [4.69, 9.17) is 20.6 Å². The molecule has 35 heavy (non-hydrogen) atoms. The summed E-state index contributed by atoms with van der Waals surface area (Å²) in [5.74, 6) is -0.313. The maximum Gasteiger partial charge on any atom is 0.216 e. The zero-order valence-electron chi connectivity index (χ0n) is 28.7. The average Bonchev–Trinajstić information content (AvgIpc) is 3.34. The highest BCUT2D eigenvalue weighted by Gasteiger charge is 2.26. The first-order valence-corrected chi connectivity index (χ1v) is 11.5. The fourth-order valence-corrected chi connectivity index (χ4v) is 4.66. The van der Waals surface area contributed by atoms with Crippen molar-refractivity contribution in [3.8, 4) is 22.4 Å². The first kappa shape index (κ1) is 15.2. The summed E-state index contributed by atoms with van der Waals surface area (Å²) in [4.78, 5) is 3.61. The first-order valence-electron chi connectivity index (χ1n) is 15.5. The molecule has 174 valence electrons. The van der Waals surface area contributed by atoms with Crippen molar-refractivity contribution in [1.82, 2.24) is 0 Å².